The Hall–Kier alpha value is -0.210. The normalized spacial score (nSPS) is 34.9. The molecule has 0 aromatic carbocycles. The van der Waals surface area contributed by atoms with Crippen LogP contribution < -0.4 is 4.72 Å². The van der Waals surface area contributed by atoms with Crippen molar-refractivity contribution >= 4 is 10.2 Å². The zero-order valence-corrected chi connectivity index (χ0v) is 11.8. The van der Waals surface area contributed by atoms with Crippen LogP contribution in [0.4, 0.5) is 0 Å². The maximum atomic E-state index is 12.1. The largest absolute Gasteiger partial charge is 0.377 e. The van der Waals surface area contributed by atoms with Crippen molar-refractivity contribution < 1.29 is 17.9 Å². The van der Waals surface area contributed by atoms with Gasteiger partial charge >= 0.3 is 0 Å². The van der Waals surface area contributed by atoms with E-state index in [4.69, 9.17) is 9.47 Å². The lowest BCUT2D eigenvalue weighted by Gasteiger charge is -2.34. The van der Waals surface area contributed by atoms with Crippen LogP contribution in [0, 0.1) is 0 Å². The van der Waals surface area contributed by atoms with Gasteiger partial charge in [0.15, 0.2) is 0 Å². The van der Waals surface area contributed by atoms with Gasteiger partial charge in [-0.1, -0.05) is 0 Å². The number of morpholine rings is 1. The summed E-state index contributed by atoms with van der Waals surface area (Å²) in [6.07, 6.45) is 1.84. The van der Waals surface area contributed by atoms with Gasteiger partial charge in [-0.15, -0.1) is 0 Å². The Balaban J connectivity index is 1.88. The zero-order chi connectivity index (χ0) is 13.2. The van der Waals surface area contributed by atoms with Crippen molar-refractivity contribution in [1.82, 2.24) is 9.03 Å². The third-order valence-electron chi connectivity index (χ3n) is 3.24. The topological polar surface area (TPSA) is 67.9 Å². The van der Waals surface area contributed by atoms with Crippen LogP contribution in [0.1, 0.15) is 26.7 Å². The van der Waals surface area contributed by atoms with E-state index in [0.29, 0.717) is 19.6 Å². The Bertz CT molecular complexity index is 357. The Morgan fingerprint density at radius 2 is 1.94 bits per heavy atom. The maximum Gasteiger partial charge on any atom is 0.279 e. The molecule has 0 aliphatic carbocycles. The molecule has 2 saturated heterocycles. The van der Waals surface area contributed by atoms with Gasteiger partial charge in [-0.05, 0) is 26.7 Å². The van der Waals surface area contributed by atoms with E-state index in [1.54, 1.807) is 0 Å². The van der Waals surface area contributed by atoms with Crippen LogP contribution in [0.5, 0.6) is 0 Å². The fourth-order valence-electron chi connectivity index (χ4n) is 2.42. The molecule has 0 amide bonds. The SMILES string of the molecule is C[C@@H]1CN(S(=O)(=O)NC[C@H]2CCCO2)C[C@H](C)O1. The van der Waals surface area contributed by atoms with Gasteiger partial charge in [0.25, 0.3) is 10.2 Å². The molecule has 0 unspecified atom stereocenters. The van der Waals surface area contributed by atoms with Gasteiger partial charge in [-0.3, -0.25) is 0 Å². The van der Waals surface area contributed by atoms with Gasteiger partial charge in [0, 0.05) is 26.2 Å². The monoisotopic (exact) mass is 278 g/mol. The molecule has 6 nitrogen and oxygen atoms in total. The highest BCUT2D eigenvalue weighted by molar-refractivity contribution is 7.87. The first-order valence-corrected chi connectivity index (χ1v) is 7.93. The third kappa shape index (κ3) is 3.64. The molecule has 2 rings (SSSR count). The average molecular weight is 278 g/mol. The second-order valence-corrected chi connectivity index (χ2v) is 6.82. The minimum Gasteiger partial charge on any atom is -0.377 e. The predicted octanol–water partition coefficient (Wildman–Crippen LogP) is 0.109. The molecule has 0 aromatic rings. The van der Waals surface area contributed by atoms with Crippen LogP contribution in [0.2, 0.25) is 0 Å². The van der Waals surface area contributed by atoms with Crippen LogP contribution >= 0.6 is 0 Å². The molecule has 1 N–H and O–H groups in total. The number of hydrogen-bond donors (Lipinski definition) is 1. The van der Waals surface area contributed by atoms with E-state index >= 15 is 0 Å². The van der Waals surface area contributed by atoms with Crippen molar-refractivity contribution in [3.63, 3.8) is 0 Å². The highest BCUT2D eigenvalue weighted by Crippen LogP contribution is 2.15. The van der Waals surface area contributed by atoms with Crippen molar-refractivity contribution in [1.29, 1.82) is 0 Å². The summed E-state index contributed by atoms with van der Waals surface area (Å²) in [7, 11) is -3.41. The Morgan fingerprint density at radius 1 is 1.28 bits per heavy atom. The second kappa shape index (κ2) is 5.83. The fourth-order valence-corrected chi connectivity index (χ4v) is 3.81. The van der Waals surface area contributed by atoms with E-state index in [9.17, 15) is 8.42 Å². The minimum atomic E-state index is -3.41. The average Bonchev–Trinajstić information content (AvgIpc) is 2.78. The summed E-state index contributed by atoms with van der Waals surface area (Å²) >= 11 is 0. The molecule has 7 heteroatoms. The molecule has 0 spiro atoms. The number of nitrogens with one attached hydrogen (secondary N) is 1. The van der Waals surface area contributed by atoms with Gasteiger partial charge in [0.05, 0.1) is 18.3 Å². The number of nitrogens with zero attached hydrogens (tertiary/aromatic N) is 1. The molecule has 3 atom stereocenters. The summed E-state index contributed by atoms with van der Waals surface area (Å²) in [5.74, 6) is 0. The molecule has 2 heterocycles. The fraction of sp³-hybridized carbons (Fsp3) is 1.00. The van der Waals surface area contributed by atoms with Gasteiger partial charge in [-0.2, -0.15) is 17.4 Å². The van der Waals surface area contributed by atoms with E-state index < -0.39 is 10.2 Å². The number of rotatable bonds is 4. The molecule has 0 radical (unpaired) electrons. The lowest BCUT2D eigenvalue weighted by Crippen LogP contribution is -2.52. The van der Waals surface area contributed by atoms with Gasteiger partial charge in [-0.25, -0.2) is 0 Å². The molecule has 2 aliphatic rings. The Labute approximate surface area is 109 Å². The summed E-state index contributed by atoms with van der Waals surface area (Å²) in [5.41, 5.74) is 0. The van der Waals surface area contributed by atoms with E-state index in [1.165, 1.54) is 4.31 Å². The number of ether oxygens (including phenoxy) is 2. The molecular weight excluding hydrogens is 256 g/mol. The standard InChI is InChI=1S/C11H22N2O4S/c1-9-7-13(8-10(2)17-9)18(14,15)12-6-11-4-3-5-16-11/h9-12H,3-8H2,1-2H3/t9-,10+,11-/m1/s1. The third-order valence-corrected chi connectivity index (χ3v) is 4.75. The van der Waals surface area contributed by atoms with Gasteiger partial charge < -0.3 is 9.47 Å². The summed E-state index contributed by atoms with van der Waals surface area (Å²) in [6.45, 7) is 5.69. The lowest BCUT2D eigenvalue weighted by molar-refractivity contribution is -0.0444. The molecule has 106 valence electrons. The summed E-state index contributed by atoms with van der Waals surface area (Å²) in [5, 5.41) is 0. The smallest absolute Gasteiger partial charge is 0.279 e. The van der Waals surface area contributed by atoms with E-state index in [2.05, 4.69) is 4.72 Å². The number of hydrogen-bond acceptors (Lipinski definition) is 4. The minimum absolute atomic E-state index is 0.0238. The molecular formula is C11H22N2O4S. The van der Waals surface area contributed by atoms with E-state index in [-0.39, 0.29) is 18.3 Å². The molecule has 18 heavy (non-hydrogen) atoms. The van der Waals surface area contributed by atoms with Gasteiger partial charge in [0.1, 0.15) is 0 Å². The lowest BCUT2D eigenvalue weighted by atomic mass is 10.2. The van der Waals surface area contributed by atoms with Crippen molar-refractivity contribution in [2.45, 2.75) is 45.0 Å². The Kier molecular flexibility index (Phi) is 4.60. The molecule has 0 aromatic heterocycles. The predicted molar refractivity (Wildman–Crippen MR) is 67.5 cm³/mol. The van der Waals surface area contributed by atoms with Crippen LogP contribution in [0.25, 0.3) is 0 Å². The van der Waals surface area contributed by atoms with E-state index in [1.807, 2.05) is 13.8 Å². The molecule has 2 aliphatic heterocycles. The van der Waals surface area contributed by atoms with Crippen molar-refractivity contribution in [2.75, 3.05) is 26.2 Å². The highest BCUT2D eigenvalue weighted by Gasteiger charge is 2.31. The second-order valence-electron chi connectivity index (χ2n) is 5.06. The molecule has 2 fully saturated rings. The van der Waals surface area contributed by atoms with Crippen LogP contribution in [0.3, 0.4) is 0 Å². The van der Waals surface area contributed by atoms with E-state index in [0.717, 1.165) is 19.4 Å². The van der Waals surface area contributed by atoms with Crippen LogP contribution in [-0.4, -0.2) is 57.3 Å². The summed E-state index contributed by atoms with van der Waals surface area (Å²) < 4.78 is 39.3. The summed E-state index contributed by atoms with van der Waals surface area (Å²) in [6, 6.07) is 0. The molecule has 0 bridgehead atoms. The first kappa shape index (κ1) is 14.2. The van der Waals surface area contributed by atoms with Crippen LogP contribution in [0.15, 0.2) is 0 Å². The Morgan fingerprint density at radius 3 is 2.50 bits per heavy atom. The first-order valence-electron chi connectivity index (χ1n) is 6.49. The van der Waals surface area contributed by atoms with Gasteiger partial charge in [0.2, 0.25) is 0 Å². The quantitative estimate of drug-likeness (QED) is 0.792. The first-order chi connectivity index (χ1) is 8.47. The van der Waals surface area contributed by atoms with Crippen molar-refractivity contribution in [2.24, 2.45) is 0 Å². The summed E-state index contributed by atoms with van der Waals surface area (Å²) in [4.78, 5) is 0. The zero-order valence-electron chi connectivity index (χ0n) is 11.0. The van der Waals surface area contributed by atoms with Crippen molar-refractivity contribution in [3.05, 3.63) is 0 Å². The maximum absolute atomic E-state index is 12.1. The highest BCUT2D eigenvalue weighted by atomic mass is 32.2. The molecule has 0 saturated carbocycles. The van der Waals surface area contributed by atoms with Crippen LogP contribution in [-0.2, 0) is 19.7 Å². The van der Waals surface area contributed by atoms with Crippen molar-refractivity contribution in [3.8, 4) is 0 Å².